The summed E-state index contributed by atoms with van der Waals surface area (Å²) in [7, 11) is 0. The van der Waals surface area contributed by atoms with Crippen LogP contribution >= 0.6 is 0 Å². The third-order valence-electron chi connectivity index (χ3n) is 1.25. The van der Waals surface area contributed by atoms with Gasteiger partial charge in [-0.2, -0.15) is 0 Å². The van der Waals surface area contributed by atoms with Gasteiger partial charge in [-0.15, -0.1) is 0 Å². The number of benzene rings is 2. The first kappa shape index (κ1) is 1.71. The van der Waals surface area contributed by atoms with E-state index in [1.165, 1.54) is 0 Å². The number of hydrogen-bond donors (Lipinski definition) is 0. The summed E-state index contributed by atoms with van der Waals surface area (Å²) in [5.74, 6) is 0. The number of rotatable bonds is 0. The van der Waals surface area contributed by atoms with Gasteiger partial charge < -0.3 is 0 Å². The van der Waals surface area contributed by atoms with Crippen molar-refractivity contribution in [1.82, 2.24) is 0 Å². The highest BCUT2D eigenvalue weighted by Gasteiger charge is 1.89. The van der Waals surface area contributed by atoms with Crippen LogP contribution in [0.25, 0.3) is 10.8 Å². The molecule has 0 fully saturated rings. The van der Waals surface area contributed by atoms with E-state index < -0.39 is 54.7 Å². The van der Waals surface area contributed by atoms with E-state index in [0.29, 0.717) is 0 Å². The molecule has 0 atom stereocenters. The first-order chi connectivity index (χ1) is 9.50. The van der Waals surface area contributed by atoms with Crippen LogP contribution in [0.3, 0.4) is 0 Å². The van der Waals surface area contributed by atoms with E-state index in [4.69, 9.17) is 13.7 Å². The van der Waals surface area contributed by atoms with Gasteiger partial charge in [-0.25, -0.2) is 0 Å². The second-order valence-electron chi connectivity index (χ2n) is 2.00. The van der Waals surface area contributed by atoms with E-state index in [9.17, 15) is 0 Å². The summed E-state index contributed by atoms with van der Waals surface area (Å²) in [5.41, 5.74) is -0.676. The van der Waals surface area contributed by atoms with Gasteiger partial charge in [0.1, 0.15) is 0 Å². The van der Waals surface area contributed by atoms with Gasteiger partial charge in [0, 0.05) is 4.11 Å². The lowest BCUT2D eigenvalue weighted by molar-refractivity contribution is 1.51. The van der Waals surface area contributed by atoms with Crippen molar-refractivity contribution in [2.75, 3.05) is 0 Å². The Balaban J connectivity index is 3.19. The molecule has 0 nitrogen and oxygen atoms in total. The summed E-state index contributed by atoms with van der Waals surface area (Å²) in [6, 6.07) is -4.28. The molecular formula is C11H10. The van der Waals surface area contributed by atoms with E-state index in [1.54, 1.807) is 0 Å². The van der Waals surface area contributed by atoms with Crippen molar-refractivity contribution in [2.45, 2.75) is 6.85 Å². The molecule has 0 aliphatic carbocycles. The summed E-state index contributed by atoms with van der Waals surface area (Å²) < 4.78 is 76.3. The van der Waals surface area contributed by atoms with Crippen molar-refractivity contribution < 1.29 is 13.7 Å². The van der Waals surface area contributed by atoms with E-state index in [0.717, 1.165) is 0 Å². The molecule has 0 heteroatoms. The number of hydrogen-bond acceptors (Lipinski definition) is 0. The quantitative estimate of drug-likeness (QED) is 0.544. The van der Waals surface area contributed by atoms with Crippen LogP contribution in [-0.4, -0.2) is 0 Å². The minimum atomic E-state index is -2.81. The summed E-state index contributed by atoms with van der Waals surface area (Å²) in [5, 5.41) is -0.642. The number of fused-ring (bicyclic) bond motifs is 1. The Morgan fingerprint density at radius 1 is 1.09 bits per heavy atom. The smallest absolute Gasteiger partial charge is 0.0616 e. The van der Waals surface area contributed by atoms with Crippen LogP contribution in [-0.2, 0) is 0 Å². The zero-order valence-electron chi connectivity index (χ0n) is 15.5. The minimum absolute atomic E-state index is 0.302. The van der Waals surface area contributed by atoms with Crippen LogP contribution in [0.2, 0.25) is 0 Å². The molecule has 0 aromatic heterocycles. The highest BCUT2D eigenvalue weighted by molar-refractivity contribution is 5.82. The maximum atomic E-state index is 7.93. The van der Waals surface area contributed by atoms with Gasteiger partial charge in [0.25, 0.3) is 0 Å². The third-order valence-corrected chi connectivity index (χ3v) is 1.25. The van der Waals surface area contributed by atoms with Gasteiger partial charge >= 0.3 is 0 Å². The lowest BCUT2D eigenvalue weighted by Crippen LogP contribution is -1.73. The Morgan fingerprint density at radius 2 is 1.91 bits per heavy atom. The molecule has 2 rings (SSSR count). The molecule has 11 heavy (non-hydrogen) atoms. The van der Waals surface area contributed by atoms with Gasteiger partial charge in [-0.05, 0) is 17.6 Å². The normalized spacial score (nSPS) is 24.4. The largest absolute Gasteiger partial charge is 0.0632 e. The summed E-state index contributed by atoms with van der Waals surface area (Å²) in [4.78, 5) is 0. The molecule has 0 saturated heterocycles. The summed E-state index contributed by atoms with van der Waals surface area (Å²) in [6.45, 7) is -2.81. The third kappa shape index (κ3) is 1.12. The van der Waals surface area contributed by atoms with E-state index in [-0.39, 0.29) is 10.8 Å². The fourth-order valence-electron chi connectivity index (χ4n) is 0.781. The molecular weight excluding hydrogens is 132 g/mol. The van der Waals surface area contributed by atoms with E-state index >= 15 is 0 Å². The molecule has 2 aromatic rings. The molecule has 0 heterocycles. The zero-order valence-corrected chi connectivity index (χ0v) is 5.50. The molecule has 0 spiro atoms. The van der Waals surface area contributed by atoms with Crippen molar-refractivity contribution in [3.63, 3.8) is 0 Å². The van der Waals surface area contributed by atoms with Gasteiger partial charge in [-0.1, -0.05) is 47.9 Å². The Labute approximate surface area is 80.5 Å². The van der Waals surface area contributed by atoms with Crippen molar-refractivity contribution in [3.05, 3.63) is 47.9 Å². The summed E-state index contributed by atoms with van der Waals surface area (Å²) >= 11 is 0. The van der Waals surface area contributed by atoms with Crippen molar-refractivity contribution in [2.24, 2.45) is 0 Å². The monoisotopic (exact) mass is 152 g/mol. The van der Waals surface area contributed by atoms with Gasteiger partial charge in [0.15, 0.2) is 0 Å². The van der Waals surface area contributed by atoms with E-state index in [2.05, 4.69) is 0 Å². The Morgan fingerprint density at radius 3 is 2.73 bits per heavy atom. The average molecular weight is 152 g/mol. The van der Waals surface area contributed by atoms with E-state index in [1.807, 2.05) is 0 Å². The van der Waals surface area contributed by atoms with Crippen LogP contribution in [0.1, 0.15) is 19.3 Å². The lowest BCUT2D eigenvalue weighted by Gasteiger charge is -1.96. The topological polar surface area (TPSA) is 0 Å². The van der Waals surface area contributed by atoms with Crippen molar-refractivity contribution in [1.29, 1.82) is 0 Å². The average Bonchev–Trinajstić information content (AvgIpc) is 2.36. The van der Waals surface area contributed by atoms with Gasteiger partial charge in [-0.3, -0.25) is 0 Å². The molecule has 0 amide bonds. The fraction of sp³-hybridized carbons (Fsp3) is 0.0909. The second-order valence-corrected chi connectivity index (χ2v) is 2.00. The van der Waals surface area contributed by atoms with Crippen molar-refractivity contribution >= 4 is 10.8 Å². The molecule has 0 aliphatic rings. The Kier molecular flexibility index (Phi) is 0.372. The molecule has 0 saturated carbocycles. The Hall–Kier alpha value is -1.30. The first-order valence-electron chi connectivity index (χ1n) is 8.00. The lowest BCUT2D eigenvalue weighted by atomic mass is 10.1. The fourth-order valence-corrected chi connectivity index (χ4v) is 0.781. The minimum Gasteiger partial charge on any atom is -0.0616 e. The zero-order chi connectivity index (χ0) is 16.3. The first-order valence-corrected chi connectivity index (χ1v) is 3.00. The SMILES string of the molecule is [2H]c1c([2H])c([2H])c2c([2H])c(C([2H])([2H])[2H])c([2H])c([2H])c2c1[2H]. The molecule has 0 aliphatic heterocycles. The molecule has 0 N–H and O–H groups in total. The van der Waals surface area contributed by atoms with Crippen LogP contribution in [0, 0.1) is 6.85 Å². The molecule has 54 valence electrons. The van der Waals surface area contributed by atoms with Gasteiger partial charge in [0.2, 0.25) is 0 Å². The predicted octanol–water partition coefficient (Wildman–Crippen LogP) is 3.15. The van der Waals surface area contributed by atoms with Crippen LogP contribution in [0.5, 0.6) is 0 Å². The Bertz CT molecular complexity index is 759. The van der Waals surface area contributed by atoms with Crippen LogP contribution < -0.4 is 0 Å². The standard InChI is InChI=1S/C11H10/c1-9-6-7-10-4-2-3-5-11(10)8-9/h2-8H,1H3/i1D3,2D,3D,4D,5D,6D,7D,8D. The van der Waals surface area contributed by atoms with Crippen molar-refractivity contribution in [3.8, 4) is 0 Å². The molecule has 0 radical (unpaired) electrons. The highest BCUT2D eigenvalue weighted by Crippen LogP contribution is 2.14. The second kappa shape index (κ2) is 2.39. The maximum Gasteiger partial charge on any atom is 0.0632 e. The van der Waals surface area contributed by atoms with Gasteiger partial charge in [0.05, 0.1) is 9.60 Å². The van der Waals surface area contributed by atoms with Crippen LogP contribution in [0.15, 0.2) is 42.3 Å². The highest BCUT2D eigenvalue weighted by atomic mass is 13.9. The molecule has 0 unspecified atom stereocenters. The maximum absolute atomic E-state index is 7.93. The molecule has 2 aromatic carbocycles. The van der Waals surface area contributed by atoms with Crippen LogP contribution in [0.4, 0.5) is 0 Å². The molecule has 0 bridgehead atoms. The predicted molar refractivity (Wildman–Crippen MR) is 48.7 cm³/mol. The summed E-state index contributed by atoms with van der Waals surface area (Å²) in [6.07, 6.45) is 0.